The van der Waals surface area contributed by atoms with E-state index < -0.39 is 5.60 Å². The van der Waals surface area contributed by atoms with Crippen molar-refractivity contribution in [2.75, 3.05) is 26.2 Å². The molecular formula is C35H54N2O6. The second-order valence-corrected chi connectivity index (χ2v) is 11.1. The van der Waals surface area contributed by atoms with E-state index in [0.29, 0.717) is 45.1 Å². The summed E-state index contributed by atoms with van der Waals surface area (Å²) in [5.74, 6) is 0.302. The fourth-order valence-corrected chi connectivity index (χ4v) is 4.45. The molecule has 2 aromatic rings. The summed E-state index contributed by atoms with van der Waals surface area (Å²) < 4.78 is 15.9. The molecule has 0 radical (unpaired) electrons. The zero-order valence-electron chi connectivity index (χ0n) is 27.4. The molecule has 2 fully saturated rings. The Bertz CT molecular complexity index is 1030. The van der Waals surface area contributed by atoms with Gasteiger partial charge in [0.15, 0.2) is 0 Å². The third kappa shape index (κ3) is 16.7. The Morgan fingerprint density at radius 3 is 1.70 bits per heavy atom. The number of nitrogens with one attached hydrogen (secondary N) is 1. The fraction of sp³-hybridized carbons (Fsp3) is 0.571. The summed E-state index contributed by atoms with van der Waals surface area (Å²) in [7, 11) is 0. The van der Waals surface area contributed by atoms with Gasteiger partial charge in [0.05, 0.1) is 6.42 Å². The first kappa shape index (κ1) is 37.6. The molecule has 0 spiro atoms. The van der Waals surface area contributed by atoms with Crippen LogP contribution in [0.1, 0.15) is 85.3 Å². The quantitative estimate of drug-likeness (QED) is 0.255. The minimum atomic E-state index is -0.496. The Morgan fingerprint density at radius 2 is 1.26 bits per heavy atom. The summed E-state index contributed by atoms with van der Waals surface area (Å²) in [5, 5.41) is 3.24. The fourth-order valence-electron chi connectivity index (χ4n) is 4.45. The number of benzene rings is 2. The number of carbonyl (C=O) groups excluding carboxylic acids is 3. The van der Waals surface area contributed by atoms with Crippen molar-refractivity contribution in [1.82, 2.24) is 10.2 Å². The van der Waals surface area contributed by atoms with Gasteiger partial charge in [0.25, 0.3) is 0 Å². The highest BCUT2D eigenvalue weighted by molar-refractivity contribution is 5.71. The molecule has 2 atom stereocenters. The Hall–Kier alpha value is -3.39. The lowest BCUT2D eigenvalue weighted by Gasteiger charge is -2.24. The third-order valence-corrected chi connectivity index (χ3v) is 6.50. The standard InChI is InChI=1S/C18H25NO4.C13H17NO2.2C2H6/c1-18(2,3)23-17(21)19-10-9-15(12-19)11-16(20)22-13-14-7-5-4-6-8-14;15-13(8-12-6-7-14-9-12)16-10-11-4-2-1-3-5-11;2*1-2/h4-8,15H,9-13H2,1-3H3;1-5,12,14H,6-10H2;2*1-2H3/t15-;12-;;/m11../s1. The number of rotatable bonds is 8. The number of amides is 1. The second-order valence-electron chi connectivity index (χ2n) is 11.1. The van der Waals surface area contributed by atoms with Crippen LogP contribution in [0.5, 0.6) is 0 Å². The lowest BCUT2D eigenvalue weighted by atomic mass is 10.1. The highest BCUT2D eigenvalue weighted by atomic mass is 16.6. The summed E-state index contributed by atoms with van der Waals surface area (Å²) in [6.07, 6.45) is 2.46. The second kappa shape index (κ2) is 21.3. The van der Waals surface area contributed by atoms with Crippen molar-refractivity contribution >= 4 is 18.0 Å². The predicted molar refractivity (Wildman–Crippen MR) is 171 cm³/mol. The van der Waals surface area contributed by atoms with Crippen molar-refractivity contribution < 1.29 is 28.6 Å². The summed E-state index contributed by atoms with van der Waals surface area (Å²) >= 11 is 0. The predicted octanol–water partition coefficient (Wildman–Crippen LogP) is 7.16. The van der Waals surface area contributed by atoms with E-state index in [1.807, 2.05) is 109 Å². The molecule has 1 amide bonds. The molecule has 2 aliphatic heterocycles. The number of esters is 2. The Morgan fingerprint density at radius 1 is 0.767 bits per heavy atom. The number of carbonyl (C=O) groups is 3. The van der Waals surface area contributed by atoms with E-state index >= 15 is 0 Å². The van der Waals surface area contributed by atoms with Crippen molar-refractivity contribution in [3.05, 3.63) is 71.8 Å². The maximum absolute atomic E-state index is 12.0. The first-order chi connectivity index (χ1) is 20.7. The molecule has 8 nitrogen and oxygen atoms in total. The summed E-state index contributed by atoms with van der Waals surface area (Å²) in [6.45, 7) is 17.4. The molecule has 240 valence electrons. The van der Waals surface area contributed by atoms with Gasteiger partial charge in [-0.2, -0.15) is 0 Å². The van der Waals surface area contributed by atoms with Crippen molar-refractivity contribution in [1.29, 1.82) is 0 Å². The first-order valence-electron chi connectivity index (χ1n) is 15.8. The van der Waals surface area contributed by atoms with Gasteiger partial charge in [0, 0.05) is 19.5 Å². The van der Waals surface area contributed by atoms with E-state index in [0.717, 1.165) is 37.1 Å². The van der Waals surface area contributed by atoms with Crippen LogP contribution < -0.4 is 5.32 Å². The highest BCUT2D eigenvalue weighted by Crippen LogP contribution is 2.22. The van der Waals surface area contributed by atoms with Gasteiger partial charge in [-0.3, -0.25) is 9.59 Å². The third-order valence-electron chi connectivity index (χ3n) is 6.50. The van der Waals surface area contributed by atoms with E-state index in [2.05, 4.69) is 5.32 Å². The van der Waals surface area contributed by atoms with E-state index in [1.165, 1.54) is 0 Å². The van der Waals surface area contributed by atoms with E-state index in [4.69, 9.17) is 14.2 Å². The topological polar surface area (TPSA) is 94.2 Å². The molecule has 2 heterocycles. The van der Waals surface area contributed by atoms with Crippen molar-refractivity contribution in [2.45, 2.75) is 93.0 Å². The minimum absolute atomic E-state index is 0.0856. The molecule has 8 heteroatoms. The zero-order chi connectivity index (χ0) is 32.1. The Labute approximate surface area is 259 Å². The largest absolute Gasteiger partial charge is 0.461 e. The molecule has 2 saturated heterocycles. The molecule has 2 aromatic carbocycles. The molecule has 1 N–H and O–H groups in total. The minimum Gasteiger partial charge on any atom is -0.461 e. The van der Waals surface area contributed by atoms with Gasteiger partial charge in [0.2, 0.25) is 0 Å². The van der Waals surface area contributed by atoms with Crippen LogP contribution >= 0.6 is 0 Å². The van der Waals surface area contributed by atoms with Crippen LogP contribution in [0.4, 0.5) is 4.79 Å². The van der Waals surface area contributed by atoms with Gasteiger partial charge in [-0.15, -0.1) is 0 Å². The molecule has 0 saturated carbocycles. The van der Waals surface area contributed by atoms with Gasteiger partial charge >= 0.3 is 18.0 Å². The number of hydrogen-bond acceptors (Lipinski definition) is 7. The lowest BCUT2D eigenvalue weighted by molar-refractivity contribution is -0.146. The van der Waals surface area contributed by atoms with Gasteiger partial charge in [0.1, 0.15) is 18.8 Å². The number of nitrogens with zero attached hydrogens (tertiary/aromatic N) is 1. The van der Waals surface area contributed by atoms with Gasteiger partial charge in [-0.05, 0) is 69.7 Å². The smallest absolute Gasteiger partial charge is 0.410 e. The number of likely N-dealkylation sites (tertiary alicyclic amines) is 1. The average molecular weight is 599 g/mol. The normalized spacial score (nSPS) is 17.1. The van der Waals surface area contributed by atoms with E-state index in [9.17, 15) is 14.4 Å². The molecule has 2 aliphatic rings. The molecule has 4 rings (SSSR count). The highest BCUT2D eigenvalue weighted by Gasteiger charge is 2.31. The van der Waals surface area contributed by atoms with E-state index in [1.54, 1.807) is 4.90 Å². The maximum Gasteiger partial charge on any atom is 0.410 e. The summed E-state index contributed by atoms with van der Waals surface area (Å²) in [5.41, 5.74) is 1.52. The Kier molecular flexibility index (Phi) is 18.7. The van der Waals surface area contributed by atoms with Crippen LogP contribution in [-0.2, 0) is 37.0 Å². The molecule has 43 heavy (non-hydrogen) atoms. The maximum atomic E-state index is 12.0. The average Bonchev–Trinajstić information content (AvgIpc) is 3.70. The first-order valence-corrected chi connectivity index (χ1v) is 15.8. The SMILES string of the molecule is CC.CC.CC(C)(C)OC(=O)N1CC[C@H](CC(=O)OCc2ccccc2)C1.O=C(C[C@H]1CCNC1)OCc1ccccc1. The lowest BCUT2D eigenvalue weighted by Crippen LogP contribution is -2.35. The van der Waals surface area contributed by atoms with Crippen LogP contribution in [0.15, 0.2) is 60.7 Å². The molecule has 0 aromatic heterocycles. The summed E-state index contributed by atoms with van der Waals surface area (Å²) in [6, 6.07) is 19.4. The monoisotopic (exact) mass is 598 g/mol. The number of ether oxygens (including phenoxy) is 3. The molecule has 0 unspecified atom stereocenters. The van der Waals surface area contributed by atoms with Gasteiger partial charge in [-0.1, -0.05) is 88.4 Å². The van der Waals surface area contributed by atoms with Crippen molar-refractivity contribution in [3.8, 4) is 0 Å². The Balaban J connectivity index is 0.000000404. The van der Waals surface area contributed by atoms with Crippen LogP contribution in [0, 0.1) is 11.8 Å². The van der Waals surface area contributed by atoms with Crippen LogP contribution in [-0.4, -0.2) is 54.7 Å². The number of hydrogen-bond donors (Lipinski definition) is 1. The summed E-state index contributed by atoms with van der Waals surface area (Å²) in [4.78, 5) is 37.1. The van der Waals surface area contributed by atoms with Crippen LogP contribution in [0.3, 0.4) is 0 Å². The molecular weight excluding hydrogens is 544 g/mol. The van der Waals surface area contributed by atoms with Gasteiger partial charge < -0.3 is 24.4 Å². The molecule has 0 bridgehead atoms. The van der Waals surface area contributed by atoms with Crippen LogP contribution in [0.25, 0.3) is 0 Å². The zero-order valence-corrected chi connectivity index (χ0v) is 27.4. The van der Waals surface area contributed by atoms with E-state index in [-0.39, 0.29) is 23.9 Å². The van der Waals surface area contributed by atoms with Crippen LogP contribution in [0.2, 0.25) is 0 Å². The van der Waals surface area contributed by atoms with Gasteiger partial charge in [-0.25, -0.2) is 4.79 Å². The van der Waals surface area contributed by atoms with Crippen molar-refractivity contribution in [3.63, 3.8) is 0 Å². The molecule has 0 aliphatic carbocycles. The van der Waals surface area contributed by atoms with Crippen molar-refractivity contribution in [2.24, 2.45) is 11.8 Å².